The van der Waals surface area contributed by atoms with Gasteiger partial charge in [-0.2, -0.15) is 0 Å². The van der Waals surface area contributed by atoms with Gasteiger partial charge in [-0.1, -0.05) is 35.0 Å². The Balaban J connectivity index is 1.52. The van der Waals surface area contributed by atoms with Gasteiger partial charge in [-0.05, 0) is 31.2 Å². The minimum Gasteiger partial charge on any atom is -0.492 e. The molecule has 3 aromatic rings. The standard InChI is InChI=1S/C18H20N4O2/c1-14-7-9-15(10-8-14)24-12-11-21(2)18(23)13-22-17-6-4-3-5-16(17)19-20-22/h3-10H,11-13H2,1-2H3. The Morgan fingerprint density at radius 1 is 1.17 bits per heavy atom. The predicted octanol–water partition coefficient (Wildman–Crippen LogP) is 2.28. The van der Waals surface area contributed by atoms with Crippen molar-refractivity contribution in [2.75, 3.05) is 20.2 Å². The summed E-state index contributed by atoms with van der Waals surface area (Å²) < 4.78 is 7.28. The van der Waals surface area contributed by atoms with Crippen LogP contribution in [0.5, 0.6) is 5.75 Å². The molecule has 0 radical (unpaired) electrons. The van der Waals surface area contributed by atoms with Crippen molar-refractivity contribution in [3.63, 3.8) is 0 Å². The molecule has 0 aliphatic rings. The lowest BCUT2D eigenvalue weighted by atomic mass is 10.2. The first kappa shape index (κ1) is 16.0. The second-order valence-electron chi connectivity index (χ2n) is 5.71. The molecule has 1 aromatic heterocycles. The Morgan fingerprint density at radius 2 is 1.92 bits per heavy atom. The second-order valence-corrected chi connectivity index (χ2v) is 5.71. The zero-order valence-corrected chi connectivity index (χ0v) is 13.8. The van der Waals surface area contributed by atoms with E-state index < -0.39 is 0 Å². The van der Waals surface area contributed by atoms with E-state index in [1.165, 1.54) is 5.56 Å². The number of hydrogen-bond acceptors (Lipinski definition) is 4. The maximum absolute atomic E-state index is 12.3. The molecule has 0 spiro atoms. The molecule has 0 aliphatic heterocycles. The fraction of sp³-hybridized carbons (Fsp3) is 0.278. The van der Waals surface area contributed by atoms with E-state index in [-0.39, 0.29) is 12.5 Å². The number of benzene rings is 2. The van der Waals surface area contributed by atoms with Crippen molar-refractivity contribution in [1.82, 2.24) is 19.9 Å². The molecule has 1 heterocycles. The van der Waals surface area contributed by atoms with Crippen LogP contribution in [0.2, 0.25) is 0 Å². The fourth-order valence-electron chi connectivity index (χ4n) is 2.34. The molecule has 0 N–H and O–H groups in total. The fourth-order valence-corrected chi connectivity index (χ4v) is 2.34. The Bertz CT molecular complexity index is 826. The van der Waals surface area contributed by atoms with E-state index in [4.69, 9.17) is 4.74 Å². The smallest absolute Gasteiger partial charge is 0.244 e. The molecule has 6 heteroatoms. The van der Waals surface area contributed by atoms with Gasteiger partial charge in [0.05, 0.1) is 12.1 Å². The number of ether oxygens (including phenoxy) is 1. The normalized spacial score (nSPS) is 10.8. The van der Waals surface area contributed by atoms with Crippen LogP contribution in [0.15, 0.2) is 48.5 Å². The van der Waals surface area contributed by atoms with Crippen molar-refractivity contribution in [2.24, 2.45) is 0 Å². The third-order valence-corrected chi connectivity index (χ3v) is 3.85. The lowest BCUT2D eigenvalue weighted by Crippen LogP contribution is -2.33. The molecule has 0 atom stereocenters. The van der Waals surface area contributed by atoms with Gasteiger partial charge in [0.15, 0.2) is 0 Å². The van der Waals surface area contributed by atoms with E-state index in [2.05, 4.69) is 10.3 Å². The minimum absolute atomic E-state index is 0.0295. The van der Waals surface area contributed by atoms with E-state index in [9.17, 15) is 4.79 Å². The van der Waals surface area contributed by atoms with Gasteiger partial charge >= 0.3 is 0 Å². The third-order valence-electron chi connectivity index (χ3n) is 3.85. The molecule has 2 aromatic carbocycles. The summed E-state index contributed by atoms with van der Waals surface area (Å²) in [6.07, 6.45) is 0. The first-order valence-corrected chi connectivity index (χ1v) is 7.85. The van der Waals surface area contributed by atoms with Crippen LogP contribution >= 0.6 is 0 Å². The second kappa shape index (κ2) is 7.12. The van der Waals surface area contributed by atoms with Crippen molar-refractivity contribution >= 4 is 16.9 Å². The van der Waals surface area contributed by atoms with Crippen molar-refractivity contribution in [2.45, 2.75) is 13.5 Å². The molecule has 24 heavy (non-hydrogen) atoms. The highest BCUT2D eigenvalue weighted by Gasteiger charge is 2.12. The molecule has 1 amide bonds. The number of para-hydroxylation sites is 1. The number of carbonyl (C=O) groups is 1. The molecule has 0 fully saturated rings. The Morgan fingerprint density at radius 3 is 2.71 bits per heavy atom. The van der Waals surface area contributed by atoms with E-state index >= 15 is 0 Å². The summed E-state index contributed by atoms with van der Waals surface area (Å²) in [5.74, 6) is 0.780. The number of rotatable bonds is 6. The topological polar surface area (TPSA) is 60.2 Å². The SMILES string of the molecule is Cc1ccc(OCCN(C)C(=O)Cn2nnc3ccccc32)cc1. The van der Waals surface area contributed by atoms with Crippen molar-refractivity contribution in [3.8, 4) is 5.75 Å². The first-order chi connectivity index (χ1) is 11.6. The Kier molecular flexibility index (Phi) is 4.74. The highest BCUT2D eigenvalue weighted by molar-refractivity contribution is 5.79. The largest absolute Gasteiger partial charge is 0.492 e. The van der Waals surface area contributed by atoms with Crippen LogP contribution in [-0.4, -0.2) is 46.0 Å². The maximum Gasteiger partial charge on any atom is 0.244 e. The van der Waals surface area contributed by atoms with E-state index in [1.54, 1.807) is 16.6 Å². The number of fused-ring (bicyclic) bond motifs is 1. The molecule has 0 unspecified atom stereocenters. The van der Waals surface area contributed by atoms with Crippen LogP contribution in [0.4, 0.5) is 0 Å². The van der Waals surface area contributed by atoms with Crippen LogP contribution in [0.25, 0.3) is 11.0 Å². The molecule has 3 rings (SSSR count). The van der Waals surface area contributed by atoms with Gasteiger partial charge in [-0.15, -0.1) is 5.10 Å². The number of aryl methyl sites for hydroxylation is 1. The van der Waals surface area contributed by atoms with E-state index in [0.717, 1.165) is 16.8 Å². The summed E-state index contributed by atoms with van der Waals surface area (Å²) in [6, 6.07) is 15.5. The van der Waals surface area contributed by atoms with Gasteiger partial charge in [-0.25, -0.2) is 4.68 Å². The molecule has 0 saturated carbocycles. The Labute approximate surface area is 140 Å². The van der Waals surface area contributed by atoms with Crippen molar-refractivity contribution < 1.29 is 9.53 Å². The van der Waals surface area contributed by atoms with Gasteiger partial charge < -0.3 is 9.64 Å². The summed E-state index contributed by atoms with van der Waals surface area (Å²) in [4.78, 5) is 14.0. The molecule has 6 nitrogen and oxygen atoms in total. The number of likely N-dealkylation sites (N-methyl/N-ethyl adjacent to an activating group) is 1. The zero-order chi connectivity index (χ0) is 16.9. The lowest BCUT2D eigenvalue weighted by Gasteiger charge is -2.17. The molecule has 0 saturated heterocycles. The summed E-state index contributed by atoms with van der Waals surface area (Å²) in [7, 11) is 1.76. The Hall–Kier alpha value is -2.89. The number of aromatic nitrogens is 3. The van der Waals surface area contributed by atoms with Gasteiger partial charge in [0.1, 0.15) is 24.4 Å². The van der Waals surface area contributed by atoms with Gasteiger partial charge in [0.2, 0.25) is 5.91 Å². The zero-order valence-electron chi connectivity index (χ0n) is 13.8. The lowest BCUT2D eigenvalue weighted by molar-refractivity contribution is -0.131. The van der Waals surface area contributed by atoms with Gasteiger partial charge in [0.25, 0.3) is 0 Å². The van der Waals surface area contributed by atoms with Gasteiger partial charge in [-0.3, -0.25) is 4.79 Å². The van der Waals surface area contributed by atoms with Crippen molar-refractivity contribution in [1.29, 1.82) is 0 Å². The highest BCUT2D eigenvalue weighted by atomic mass is 16.5. The van der Waals surface area contributed by atoms with Crippen LogP contribution in [0.3, 0.4) is 0 Å². The summed E-state index contributed by atoms with van der Waals surface area (Å²) in [6.45, 7) is 3.16. The number of hydrogen-bond donors (Lipinski definition) is 0. The van der Waals surface area contributed by atoms with Crippen LogP contribution < -0.4 is 4.74 Å². The first-order valence-electron chi connectivity index (χ1n) is 7.85. The average Bonchev–Trinajstić information content (AvgIpc) is 3.00. The molecule has 0 aliphatic carbocycles. The van der Waals surface area contributed by atoms with Crippen molar-refractivity contribution in [3.05, 3.63) is 54.1 Å². The number of amides is 1. The van der Waals surface area contributed by atoms with Gasteiger partial charge in [0, 0.05) is 7.05 Å². The minimum atomic E-state index is -0.0295. The van der Waals surface area contributed by atoms with Crippen LogP contribution in [-0.2, 0) is 11.3 Å². The van der Waals surface area contributed by atoms with Crippen LogP contribution in [0, 0.1) is 6.92 Å². The summed E-state index contributed by atoms with van der Waals surface area (Å²) in [5, 5.41) is 8.10. The molecule has 0 bridgehead atoms. The maximum atomic E-state index is 12.3. The molecule has 124 valence electrons. The molecular weight excluding hydrogens is 304 g/mol. The molecular formula is C18H20N4O2. The highest BCUT2D eigenvalue weighted by Crippen LogP contribution is 2.12. The van der Waals surface area contributed by atoms with Crippen LogP contribution in [0.1, 0.15) is 5.56 Å². The summed E-state index contributed by atoms with van der Waals surface area (Å²) >= 11 is 0. The van der Waals surface area contributed by atoms with E-state index in [0.29, 0.717) is 13.2 Å². The quantitative estimate of drug-likeness (QED) is 0.698. The number of nitrogens with zero attached hydrogens (tertiary/aromatic N) is 4. The predicted molar refractivity (Wildman–Crippen MR) is 91.8 cm³/mol. The van der Waals surface area contributed by atoms with E-state index in [1.807, 2.05) is 55.5 Å². The number of carbonyl (C=O) groups excluding carboxylic acids is 1. The average molecular weight is 324 g/mol. The third kappa shape index (κ3) is 3.71. The summed E-state index contributed by atoms with van der Waals surface area (Å²) in [5.41, 5.74) is 2.83. The monoisotopic (exact) mass is 324 g/mol.